The summed E-state index contributed by atoms with van der Waals surface area (Å²) in [6.07, 6.45) is 0.925. The molecule has 1 aliphatic heterocycles. The van der Waals surface area contributed by atoms with E-state index in [-0.39, 0.29) is 36.2 Å². The molecule has 0 spiro atoms. The zero-order valence-corrected chi connectivity index (χ0v) is 17.4. The maximum atomic E-state index is 12.9. The van der Waals surface area contributed by atoms with Gasteiger partial charge >= 0.3 is 0 Å². The van der Waals surface area contributed by atoms with Crippen molar-refractivity contribution in [3.05, 3.63) is 23.8 Å². The fraction of sp³-hybridized carbons (Fsp3) is 0.579. The summed E-state index contributed by atoms with van der Waals surface area (Å²) in [5.74, 6) is 0.618. The minimum Gasteiger partial charge on any atom is -0.497 e. The molecule has 1 fully saturated rings. The van der Waals surface area contributed by atoms with Crippen LogP contribution in [0.5, 0.6) is 11.5 Å². The van der Waals surface area contributed by atoms with Crippen molar-refractivity contribution in [3.8, 4) is 11.5 Å². The molecule has 152 valence electrons. The Bertz CT molecular complexity index is 626. The monoisotopic (exact) mass is 399 g/mol. The summed E-state index contributed by atoms with van der Waals surface area (Å²) in [6, 6.07) is 4.53. The number of likely N-dealkylation sites (N-methyl/N-ethyl adjacent to an activating group) is 1. The van der Waals surface area contributed by atoms with Crippen LogP contribution in [0.15, 0.2) is 18.2 Å². The van der Waals surface area contributed by atoms with Gasteiger partial charge in [-0.25, -0.2) is 0 Å². The van der Waals surface area contributed by atoms with Crippen LogP contribution >= 0.6 is 12.4 Å². The topological polar surface area (TPSA) is 79.9 Å². The number of nitrogens with zero attached hydrogens (tertiary/aromatic N) is 1. The van der Waals surface area contributed by atoms with E-state index in [9.17, 15) is 9.59 Å². The lowest BCUT2D eigenvalue weighted by Gasteiger charge is -2.30. The SMILES string of the molecule is COc1cc(OC)cc(C(=O)NC(C(=O)N(C)C2CCNC2)C(C)C)c1.Cl. The Balaban J connectivity index is 0.00000364. The van der Waals surface area contributed by atoms with Crippen LogP contribution in [0.2, 0.25) is 0 Å². The second-order valence-electron chi connectivity index (χ2n) is 6.89. The number of hydrogen-bond acceptors (Lipinski definition) is 5. The van der Waals surface area contributed by atoms with Gasteiger partial charge in [0.2, 0.25) is 5.91 Å². The lowest BCUT2D eigenvalue weighted by atomic mass is 10.0. The molecule has 0 saturated carbocycles. The molecule has 0 aromatic heterocycles. The van der Waals surface area contributed by atoms with Crippen molar-refractivity contribution in [2.45, 2.75) is 32.4 Å². The molecule has 2 rings (SSSR count). The van der Waals surface area contributed by atoms with Crippen molar-refractivity contribution in [1.29, 1.82) is 0 Å². The first-order valence-electron chi connectivity index (χ1n) is 8.88. The summed E-state index contributed by atoms with van der Waals surface area (Å²) in [6.45, 7) is 5.55. The lowest BCUT2D eigenvalue weighted by Crippen LogP contribution is -2.53. The predicted octanol–water partition coefficient (Wildman–Crippen LogP) is 1.70. The van der Waals surface area contributed by atoms with Gasteiger partial charge in [0.05, 0.1) is 14.2 Å². The van der Waals surface area contributed by atoms with Gasteiger partial charge in [0, 0.05) is 31.3 Å². The summed E-state index contributed by atoms with van der Waals surface area (Å²) in [4.78, 5) is 27.4. The normalized spacial score (nSPS) is 17.0. The Morgan fingerprint density at radius 2 is 1.78 bits per heavy atom. The van der Waals surface area contributed by atoms with Crippen molar-refractivity contribution in [2.24, 2.45) is 5.92 Å². The van der Waals surface area contributed by atoms with Crippen LogP contribution in [-0.2, 0) is 4.79 Å². The number of carbonyl (C=O) groups is 2. The summed E-state index contributed by atoms with van der Waals surface area (Å²) < 4.78 is 10.4. The number of benzene rings is 1. The highest BCUT2D eigenvalue weighted by Gasteiger charge is 2.31. The van der Waals surface area contributed by atoms with Crippen molar-refractivity contribution >= 4 is 24.2 Å². The number of amides is 2. The largest absolute Gasteiger partial charge is 0.497 e. The molecule has 7 nitrogen and oxygen atoms in total. The fourth-order valence-electron chi connectivity index (χ4n) is 3.05. The van der Waals surface area contributed by atoms with Crippen molar-refractivity contribution in [3.63, 3.8) is 0 Å². The molecule has 2 amide bonds. The average molecular weight is 400 g/mol. The highest BCUT2D eigenvalue weighted by atomic mass is 35.5. The molecular weight excluding hydrogens is 370 g/mol. The zero-order valence-electron chi connectivity index (χ0n) is 16.6. The van der Waals surface area contributed by atoms with E-state index in [0.29, 0.717) is 17.1 Å². The molecule has 2 atom stereocenters. The summed E-state index contributed by atoms with van der Waals surface area (Å²) >= 11 is 0. The quantitative estimate of drug-likeness (QED) is 0.729. The summed E-state index contributed by atoms with van der Waals surface area (Å²) in [7, 11) is 4.86. The third-order valence-electron chi connectivity index (χ3n) is 4.76. The third kappa shape index (κ3) is 5.74. The number of methoxy groups -OCH3 is 2. The van der Waals surface area contributed by atoms with E-state index >= 15 is 0 Å². The summed E-state index contributed by atoms with van der Waals surface area (Å²) in [5, 5.41) is 6.14. The molecule has 0 bridgehead atoms. The second kappa shape index (κ2) is 10.4. The van der Waals surface area contributed by atoms with Gasteiger partial charge < -0.3 is 25.0 Å². The molecule has 2 unspecified atom stereocenters. The Morgan fingerprint density at radius 1 is 1.19 bits per heavy atom. The van der Waals surface area contributed by atoms with Gasteiger partial charge in [-0.3, -0.25) is 9.59 Å². The van der Waals surface area contributed by atoms with Crippen molar-refractivity contribution in [2.75, 3.05) is 34.4 Å². The smallest absolute Gasteiger partial charge is 0.252 e. The molecule has 1 saturated heterocycles. The molecule has 0 radical (unpaired) electrons. The van der Waals surface area contributed by atoms with Gasteiger partial charge in [-0.1, -0.05) is 13.8 Å². The first-order valence-corrected chi connectivity index (χ1v) is 8.88. The molecule has 1 heterocycles. The van der Waals surface area contributed by atoms with Crippen LogP contribution in [-0.4, -0.2) is 63.2 Å². The van der Waals surface area contributed by atoms with Crippen molar-refractivity contribution in [1.82, 2.24) is 15.5 Å². The molecule has 1 aromatic carbocycles. The summed E-state index contributed by atoms with van der Waals surface area (Å²) in [5.41, 5.74) is 0.393. The van der Waals surface area contributed by atoms with E-state index < -0.39 is 6.04 Å². The minimum atomic E-state index is -0.592. The van der Waals surface area contributed by atoms with Crippen LogP contribution in [0.4, 0.5) is 0 Å². The van der Waals surface area contributed by atoms with Crippen LogP contribution < -0.4 is 20.1 Å². The predicted molar refractivity (Wildman–Crippen MR) is 107 cm³/mol. The van der Waals surface area contributed by atoms with Crippen LogP contribution in [0.1, 0.15) is 30.6 Å². The van der Waals surface area contributed by atoms with Gasteiger partial charge in [-0.2, -0.15) is 0 Å². The average Bonchev–Trinajstić information content (AvgIpc) is 3.18. The van der Waals surface area contributed by atoms with Crippen LogP contribution in [0.25, 0.3) is 0 Å². The maximum absolute atomic E-state index is 12.9. The third-order valence-corrected chi connectivity index (χ3v) is 4.76. The highest BCUT2D eigenvalue weighted by Crippen LogP contribution is 2.23. The molecule has 27 heavy (non-hydrogen) atoms. The molecule has 1 aromatic rings. The van der Waals surface area contributed by atoms with Crippen LogP contribution in [0.3, 0.4) is 0 Å². The first-order chi connectivity index (χ1) is 12.4. The fourth-order valence-corrected chi connectivity index (χ4v) is 3.05. The second-order valence-corrected chi connectivity index (χ2v) is 6.89. The zero-order chi connectivity index (χ0) is 19.3. The molecule has 8 heteroatoms. The number of halogens is 1. The van der Waals surface area contributed by atoms with Crippen molar-refractivity contribution < 1.29 is 19.1 Å². The Labute approximate surface area is 167 Å². The van der Waals surface area contributed by atoms with E-state index in [2.05, 4.69) is 10.6 Å². The highest BCUT2D eigenvalue weighted by molar-refractivity contribution is 5.98. The number of ether oxygens (including phenoxy) is 2. The maximum Gasteiger partial charge on any atom is 0.252 e. The van der Waals surface area contributed by atoms with E-state index in [0.717, 1.165) is 19.5 Å². The molecule has 0 aliphatic carbocycles. The van der Waals surface area contributed by atoms with Gasteiger partial charge in [0.15, 0.2) is 0 Å². The number of hydrogen-bond donors (Lipinski definition) is 2. The lowest BCUT2D eigenvalue weighted by molar-refractivity contribution is -0.134. The first kappa shape index (κ1) is 23.0. The van der Waals surface area contributed by atoms with Gasteiger partial charge in [0.25, 0.3) is 5.91 Å². The van der Waals surface area contributed by atoms with Crippen LogP contribution in [0, 0.1) is 5.92 Å². The number of rotatable bonds is 7. The van der Waals surface area contributed by atoms with E-state index in [1.807, 2.05) is 13.8 Å². The van der Waals surface area contributed by atoms with E-state index in [1.165, 1.54) is 14.2 Å². The van der Waals surface area contributed by atoms with E-state index in [1.54, 1.807) is 30.1 Å². The molecular formula is C19H30ClN3O4. The minimum absolute atomic E-state index is 0. The standard InChI is InChI=1S/C19H29N3O4.ClH/c1-12(2)17(19(24)22(3)14-6-7-20-11-14)21-18(23)13-8-15(25-4)10-16(9-13)26-5;/h8-10,12,14,17,20H,6-7,11H2,1-5H3,(H,21,23);1H. The Morgan fingerprint density at radius 3 is 2.22 bits per heavy atom. The van der Waals surface area contributed by atoms with Gasteiger partial charge in [0.1, 0.15) is 17.5 Å². The Kier molecular flexibility index (Phi) is 8.85. The number of carbonyl (C=O) groups excluding carboxylic acids is 2. The van der Waals surface area contributed by atoms with E-state index in [4.69, 9.17) is 9.47 Å². The number of nitrogens with one attached hydrogen (secondary N) is 2. The molecule has 2 N–H and O–H groups in total. The molecule has 1 aliphatic rings. The Hall–Kier alpha value is -1.99. The van der Waals surface area contributed by atoms with Gasteiger partial charge in [-0.15, -0.1) is 12.4 Å². The van der Waals surface area contributed by atoms with Gasteiger partial charge in [-0.05, 0) is 31.0 Å².